The molecule has 1 aliphatic heterocycles. The molecule has 2 aliphatic rings. The SMILES string of the molecule is COc1ccc2c(ccn2CC(=O)N2CCC3(O)CCCCC3C2)c1. The van der Waals surface area contributed by atoms with Gasteiger partial charge in [-0.15, -0.1) is 0 Å². The second kappa shape index (κ2) is 6.37. The highest BCUT2D eigenvalue weighted by atomic mass is 16.5. The van der Waals surface area contributed by atoms with E-state index in [1.807, 2.05) is 39.9 Å². The molecule has 1 amide bonds. The highest BCUT2D eigenvalue weighted by Gasteiger charge is 2.43. The van der Waals surface area contributed by atoms with Crippen molar-refractivity contribution in [1.29, 1.82) is 0 Å². The lowest BCUT2D eigenvalue weighted by Gasteiger charge is -2.47. The van der Waals surface area contributed by atoms with Crippen molar-refractivity contribution in [1.82, 2.24) is 9.47 Å². The molecule has 1 aliphatic carbocycles. The van der Waals surface area contributed by atoms with E-state index in [0.29, 0.717) is 26.1 Å². The van der Waals surface area contributed by atoms with Gasteiger partial charge in [0.15, 0.2) is 0 Å². The summed E-state index contributed by atoms with van der Waals surface area (Å²) in [6, 6.07) is 7.92. The summed E-state index contributed by atoms with van der Waals surface area (Å²) in [6.07, 6.45) is 6.88. The van der Waals surface area contributed by atoms with Crippen molar-refractivity contribution >= 4 is 16.8 Å². The molecule has 5 nitrogen and oxygen atoms in total. The molecule has 1 aromatic heterocycles. The fourth-order valence-electron chi connectivity index (χ4n) is 4.49. The molecule has 2 aromatic rings. The standard InChI is InChI=1S/C20H26N2O3/c1-25-17-5-6-18-15(12-17)7-10-21(18)14-19(23)22-11-9-20(24)8-3-2-4-16(20)13-22/h5-7,10,12,16,24H,2-4,8-9,11,13-14H2,1H3. The number of carbonyl (C=O) groups excluding carboxylic acids is 1. The second-order valence-electron chi connectivity index (χ2n) is 7.50. The number of piperidine rings is 1. The van der Waals surface area contributed by atoms with Gasteiger partial charge in [-0.3, -0.25) is 4.79 Å². The molecule has 2 fully saturated rings. The summed E-state index contributed by atoms with van der Waals surface area (Å²) in [5, 5.41) is 11.9. The number of aromatic nitrogens is 1. The molecule has 2 heterocycles. The third-order valence-electron chi connectivity index (χ3n) is 6.06. The van der Waals surface area contributed by atoms with Crippen molar-refractivity contribution in [2.24, 2.45) is 5.92 Å². The Labute approximate surface area is 148 Å². The molecule has 0 bridgehead atoms. The number of nitrogens with zero attached hydrogens (tertiary/aromatic N) is 2. The minimum Gasteiger partial charge on any atom is -0.497 e. The Hall–Kier alpha value is -2.01. The summed E-state index contributed by atoms with van der Waals surface area (Å²) in [6.45, 7) is 1.71. The molecule has 0 spiro atoms. The highest BCUT2D eigenvalue weighted by Crippen LogP contribution is 2.39. The van der Waals surface area contributed by atoms with Gasteiger partial charge in [0.2, 0.25) is 5.91 Å². The number of hydrogen-bond donors (Lipinski definition) is 1. The molecule has 1 N–H and O–H groups in total. The minimum atomic E-state index is -0.536. The van der Waals surface area contributed by atoms with Crippen LogP contribution >= 0.6 is 0 Å². The molecule has 2 unspecified atom stereocenters. The van der Waals surface area contributed by atoms with Crippen molar-refractivity contribution in [2.45, 2.75) is 44.2 Å². The normalized spacial score (nSPS) is 26.5. The molecule has 5 heteroatoms. The van der Waals surface area contributed by atoms with Gasteiger partial charge in [0, 0.05) is 36.1 Å². The summed E-state index contributed by atoms with van der Waals surface area (Å²) >= 11 is 0. The van der Waals surface area contributed by atoms with Gasteiger partial charge in [-0.25, -0.2) is 0 Å². The fraction of sp³-hybridized carbons (Fsp3) is 0.550. The second-order valence-corrected chi connectivity index (χ2v) is 7.50. The van der Waals surface area contributed by atoms with Gasteiger partial charge in [0.1, 0.15) is 12.3 Å². The smallest absolute Gasteiger partial charge is 0.242 e. The zero-order chi connectivity index (χ0) is 17.4. The molecule has 25 heavy (non-hydrogen) atoms. The Morgan fingerprint density at radius 3 is 3.04 bits per heavy atom. The van der Waals surface area contributed by atoms with Crippen LogP contribution in [0.2, 0.25) is 0 Å². The summed E-state index contributed by atoms with van der Waals surface area (Å²) < 4.78 is 7.26. The molecular weight excluding hydrogens is 316 g/mol. The maximum atomic E-state index is 12.8. The maximum Gasteiger partial charge on any atom is 0.242 e. The maximum absolute atomic E-state index is 12.8. The summed E-state index contributed by atoms with van der Waals surface area (Å²) in [5.74, 6) is 1.20. The molecular formula is C20H26N2O3. The van der Waals surface area contributed by atoms with Crippen LogP contribution in [0.25, 0.3) is 10.9 Å². The van der Waals surface area contributed by atoms with Crippen LogP contribution in [0.15, 0.2) is 30.5 Å². The summed E-state index contributed by atoms with van der Waals surface area (Å²) in [7, 11) is 1.66. The minimum absolute atomic E-state index is 0.140. The lowest BCUT2D eigenvalue weighted by atomic mass is 9.71. The van der Waals surface area contributed by atoms with Gasteiger partial charge in [-0.1, -0.05) is 12.8 Å². The third kappa shape index (κ3) is 3.01. The first-order chi connectivity index (χ1) is 12.1. The van der Waals surface area contributed by atoms with Crippen LogP contribution in [-0.2, 0) is 11.3 Å². The van der Waals surface area contributed by atoms with E-state index in [0.717, 1.165) is 35.9 Å². The fourth-order valence-corrected chi connectivity index (χ4v) is 4.49. The largest absolute Gasteiger partial charge is 0.497 e. The summed E-state index contributed by atoms with van der Waals surface area (Å²) in [5.41, 5.74) is 0.506. The molecule has 0 radical (unpaired) electrons. The van der Waals surface area contributed by atoms with Crippen molar-refractivity contribution in [2.75, 3.05) is 20.2 Å². The van der Waals surface area contributed by atoms with Crippen LogP contribution in [0.5, 0.6) is 5.75 Å². The number of carbonyl (C=O) groups is 1. The zero-order valence-corrected chi connectivity index (χ0v) is 14.8. The molecule has 2 atom stereocenters. The van der Waals surface area contributed by atoms with E-state index < -0.39 is 5.60 Å². The number of methoxy groups -OCH3 is 1. The Morgan fingerprint density at radius 2 is 2.20 bits per heavy atom. The third-order valence-corrected chi connectivity index (χ3v) is 6.06. The quantitative estimate of drug-likeness (QED) is 0.933. The Balaban J connectivity index is 1.47. The molecule has 1 saturated carbocycles. The highest BCUT2D eigenvalue weighted by molar-refractivity contribution is 5.84. The van der Waals surface area contributed by atoms with Crippen LogP contribution in [0.4, 0.5) is 0 Å². The van der Waals surface area contributed by atoms with Crippen LogP contribution in [0, 0.1) is 5.92 Å². The van der Waals surface area contributed by atoms with E-state index in [1.54, 1.807) is 7.11 Å². The van der Waals surface area contributed by atoms with Crippen molar-refractivity contribution < 1.29 is 14.6 Å². The van der Waals surface area contributed by atoms with Gasteiger partial charge >= 0.3 is 0 Å². The topological polar surface area (TPSA) is 54.7 Å². The first-order valence-corrected chi connectivity index (χ1v) is 9.22. The van der Waals surface area contributed by atoms with E-state index in [9.17, 15) is 9.90 Å². The Bertz CT molecular complexity index is 784. The predicted octanol–water partition coefficient (Wildman–Crippen LogP) is 2.80. The Morgan fingerprint density at radius 1 is 1.32 bits per heavy atom. The van der Waals surface area contributed by atoms with Crippen LogP contribution in [0.3, 0.4) is 0 Å². The zero-order valence-electron chi connectivity index (χ0n) is 14.8. The average molecular weight is 342 g/mol. The number of ether oxygens (including phenoxy) is 1. The molecule has 1 aromatic carbocycles. The van der Waals surface area contributed by atoms with Crippen LogP contribution in [-0.4, -0.2) is 46.3 Å². The summed E-state index contributed by atoms with van der Waals surface area (Å²) in [4.78, 5) is 14.8. The van der Waals surface area contributed by atoms with E-state index in [1.165, 1.54) is 6.42 Å². The molecule has 4 rings (SSSR count). The number of fused-ring (bicyclic) bond motifs is 2. The Kier molecular flexibility index (Phi) is 4.20. The number of aliphatic hydroxyl groups is 1. The van der Waals surface area contributed by atoms with Gasteiger partial charge in [-0.05, 0) is 43.5 Å². The number of rotatable bonds is 3. The predicted molar refractivity (Wildman–Crippen MR) is 96.6 cm³/mol. The number of likely N-dealkylation sites (tertiary alicyclic amines) is 1. The van der Waals surface area contributed by atoms with Crippen molar-refractivity contribution in [3.05, 3.63) is 30.5 Å². The van der Waals surface area contributed by atoms with Gasteiger partial charge in [0.25, 0.3) is 0 Å². The first kappa shape index (κ1) is 16.5. The van der Waals surface area contributed by atoms with E-state index in [2.05, 4.69) is 0 Å². The van der Waals surface area contributed by atoms with Gasteiger partial charge in [-0.2, -0.15) is 0 Å². The number of benzene rings is 1. The first-order valence-electron chi connectivity index (χ1n) is 9.22. The van der Waals surface area contributed by atoms with Crippen molar-refractivity contribution in [3.8, 4) is 5.75 Å². The lowest BCUT2D eigenvalue weighted by Crippen LogP contribution is -2.55. The monoisotopic (exact) mass is 342 g/mol. The van der Waals surface area contributed by atoms with E-state index in [4.69, 9.17) is 4.74 Å². The molecule has 1 saturated heterocycles. The average Bonchev–Trinajstić information content (AvgIpc) is 3.02. The number of hydrogen-bond acceptors (Lipinski definition) is 3. The van der Waals surface area contributed by atoms with E-state index >= 15 is 0 Å². The number of amides is 1. The van der Waals surface area contributed by atoms with Crippen molar-refractivity contribution in [3.63, 3.8) is 0 Å². The molecule has 134 valence electrons. The van der Waals surface area contributed by atoms with Crippen LogP contribution in [0.1, 0.15) is 32.1 Å². The van der Waals surface area contributed by atoms with Crippen LogP contribution < -0.4 is 4.74 Å². The van der Waals surface area contributed by atoms with Gasteiger partial charge < -0.3 is 19.3 Å². The van der Waals surface area contributed by atoms with Gasteiger partial charge in [0.05, 0.1) is 12.7 Å². The van der Waals surface area contributed by atoms with E-state index in [-0.39, 0.29) is 11.8 Å². The lowest BCUT2D eigenvalue weighted by molar-refractivity contribution is -0.143.